The molecule has 1 atom stereocenters. The van der Waals surface area contributed by atoms with Crippen molar-refractivity contribution in [3.63, 3.8) is 0 Å². The fourth-order valence-corrected chi connectivity index (χ4v) is 2.81. The lowest BCUT2D eigenvalue weighted by Crippen LogP contribution is -2.31. The van der Waals surface area contributed by atoms with E-state index in [1.165, 1.54) is 0 Å². The maximum Gasteiger partial charge on any atom is 0.142 e. The van der Waals surface area contributed by atoms with Crippen LogP contribution in [0.5, 0.6) is 0 Å². The van der Waals surface area contributed by atoms with Crippen molar-refractivity contribution in [2.75, 3.05) is 0 Å². The van der Waals surface area contributed by atoms with E-state index in [2.05, 4.69) is 26.5 Å². The monoisotopic (exact) mass is 378 g/mol. The number of nitrogens with two attached hydrogens (primary N) is 1. The zero-order valence-corrected chi connectivity index (χ0v) is 13.8. The van der Waals surface area contributed by atoms with Crippen molar-refractivity contribution in [2.24, 2.45) is 12.9 Å². The minimum absolute atomic E-state index is 0.116. The number of aryl methyl sites for hydroxylation is 2. The van der Waals surface area contributed by atoms with Crippen LogP contribution in [0.4, 0.5) is 8.78 Å². The molecule has 2 aromatic rings. The minimum Gasteiger partial charge on any atom is -0.271 e. The van der Waals surface area contributed by atoms with Crippen molar-refractivity contribution in [1.82, 2.24) is 15.2 Å². The van der Waals surface area contributed by atoms with E-state index in [0.717, 1.165) is 28.0 Å². The molecule has 0 radical (unpaired) electrons. The Morgan fingerprint density at radius 2 is 2.10 bits per heavy atom. The number of hydrazine groups is 1. The summed E-state index contributed by atoms with van der Waals surface area (Å²) in [7, 11) is 1.78. The molecule has 1 unspecified atom stereocenters. The van der Waals surface area contributed by atoms with Gasteiger partial charge in [-0.25, -0.2) is 8.78 Å². The van der Waals surface area contributed by atoms with E-state index in [-0.39, 0.29) is 10.6 Å². The molecule has 0 fully saturated rings. The molecule has 8 heteroatoms. The lowest BCUT2D eigenvalue weighted by molar-refractivity contribution is 0.490. The number of nitrogens with one attached hydrogen (secondary N) is 1. The van der Waals surface area contributed by atoms with Crippen molar-refractivity contribution in [3.05, 3.63) is 50.2 Å². The Morgan fingerprint density at radius 3 is 2.62 bits per heavy atom. The first-order chi connectivity index (χ1) is 9.85. The first kappa shape index (κ1) is 16.4. The second kappa shape index (κ2) is 6.39. The Labute approximate surface area is 134 Å². The third-order valence-electron chi connectivity index (χ3n) is 3.28. The topological polar surface area (TPSA) is 55.9 Å². The van der Waals surface area contributed by atoms with E-state index >= 15 is 0 Å². The highest BCUT2D eigenvalue weighted by molar-refractivity contribution is 9.10. The van der Waals surface area contributed by atoms with Gasteiger partial charge in [0.05, 0.1) is 26.9 Å². The van der Waals surface area contributed by atoms with Gasteiger partial charge in [-0.05, 0) is 35.0 Å². The maximum atomic E-state index is 14.0. The molecule has 0 spiro atoms. The summed E-state index contributed by atoms with van der Waals surface area (Å²) in [5.41, 5.74) is 4.26. The molecule has 1 aromatic carbocycles. The number of hydrogen-bond acceptors (Lipinski definition) is 3. The van der Waals surface area contributed by atoms with Crippen molar-refractivity contribution < 1.29 is 8.78 Å². The Hall–Kier alpha value is -1.02. The molecule has 114 valence electrons. The molecule has 1 heterocycles. The molecular formula is C13H14BrClF2N4. The summed E-state index contributed by atoms with van der Waals surface area (Å²) < 4.78 is 30.1. The Morgan fingerprint density at radius 1 is 1.43 bits per heavy atom. The summed E-state index contributed by atoms with van der Waals surface area (Å²) >= 11 is 8.99. The highest BCUT2D eigenvalue weighted by atomic mass is 79.9. The molecule has 0 bridgehead atoms. The highest BCUT2D eigenvalue weighted by Gasteiger charge is 2.21. The van der Waals surface area contributed by atoms with Gasteiger partial charge < -0.3 is 0 Å². The van der Waals surface area contributed by atoms with E-state index in [4.69, 9.17) is 17.4 Å². The largest absolute Gasteiger partial charge is 0.271 e. The van der Waals surface area contributed by atoms with Crippen LogP contribution in [-0.4, -0.2) is 9.78 Å². The van der Waals surface area contributed by atoms with Crippen LogP contribution >= 0.6 is 27.5 Å². The third kappa shape index (κ3) is 3.26. The van der Waals surface area contributed by atoms with Crippen molar-refractivity contribution >= 4 is 27.5 Å². The van der Waals surface area contributed by atoms with E-state index in [1.807, 2.05) is 6.92 Å². The van der Waals surface area contributed by atoms with Crippen LogP contribution in [0.3, 0.4) is 0 Å². The van der Waals surface area contributed by atoms with Crippen LogP contribution in [0, 0.1) is 18.6 Å². The molecule has 0 aliphatic rings. The van der Waals surface area contributed by atoms with Crippen LogP contribution in [0.15, 0.2) is 16.6 Å². The normalized spacial score (nSPS) is 12.7. The second-order valence-corrected chi connectivity index (χ2v) is 5.88. The van der Waals surface area contributed by atoms with Crippen LogP contribution < -0.4 is 11.3 Å². The maximum absolute atomic E-state index is 14.0. The van der Waals surface area contributed by atoms with Crippen molar-refractivity contribution in [3.8, 4) is 0 Å². The molecule has 3 N–H and O–H groups in total. The summed E-state index contributed by atoms with van der Waals surface area (Å²) in [6.45, 7) is 1.85. The van der Waals surface area contributed by atoms with Crippen molar-refractivity contribution in [1.29, 1.82) is 0 Å². The molecule has 0 amide bonds. The quantitative estimate of drug-likeness (QED) is 0.487. The summed E-state index contributed by atoms with van der Waals surface area (Å²) in [6, 6.07) is 1.39. The first-order valence-corrected chi connectivity index (χ1v) is 7.30. The Kier molecular flexibility index (Phi) is 4.98. The summed E-state index contributed by atoms with van der Waals surface area (Å²) in [6.07, 6.45) is 0.340. The van der Waals surface area contributed by atoms with Gasteiger partial charge in [-0.2, -0.15) is 5.10 Å². The van der Waals surface area contributed by atoms with Gasteiger partial charge in [0.25, 0.3) is 0 Å². The molecule has 2 rings (SSSR count). The Bertz CT molecular complexity index is 675. The average molecular weight is 380 g/mol. The Balaban J connectivity index is 2.39. The van der Waals surface area contributed by atoms with E-state index < -0.39 is 17.7 Å². The SMILES string of the molecule is Cc1nn(C)c(CC(NN)c2cc(F)c(Cl)cc2F)c1Br. The van der Waals surface area contributed by atoms with Gasteiger partial charge >= 0.3 is 0 Å². The predicted molar refractivity (Wildman–Crippen MR) is 80.8 cm³/mol. The second-order valence-electron chi connectivity index (χ2n) is 4.68. The van der Waals surface area contributed by atoms with E-state index in [1.54, 1.807) is 11.7 Å². The first-order valence-electron chi connectivity index (χ1n) is 6.13. The summed E-state index contributed by atoms with van der Waals surface area (Å²) in [5, 5.41) is 4.00. The third-order valence-corrected chi connectivity index (χ3v) is 4.60. The number of hydrogen-bond donors (Lipinski definition) is 2. The van der Waals surface area contributed by atoms with Crippen LogP contribution in [-0.2, 0) is 13.5 Å². The highest BCUT2D eigenvalue weighted by Crippen LogP contribution is 2.29. The molecule has 0 saturated heterocycles. The number of halogens is 4. The zero-order chi connectivity index (χ0) is 15.7. The molecule has 0 saturated carbocycles. The van der Waals surface area contributed by atoms with Gasteiger partial charge in [0.1, 0.15) is 11.6 Å². The molecule has 0 aliphatic carbocycles. The predicted octanol–water partition coefficient (Wildman–Crippen LogP) is 3.17. The summed E-state index contributed by atoms with van der Waals surface area (Å²) in [4.78, 5) is 0. The molecule has 0 aliphatic heterocycles. The fourth-order valence-electron chi connectivity index (χ4n) is 2.16. The van der Waals surface area contributed by atoms with Gasteiger partial charge in [0.2, 0.25) is 0 Å². The molecule has 1 aromatic heterocycles. The van der Waals surface area contributed by atoms with Crippen LogP contribution in [0.2, 0.25) is 5.02 Å². The van der Waals surface area contributed by atoms with E-state index in [9.17, 15) is 8.78 Å². The van der Waals surface area contributed by atoms with Gasteiger partial charge in [0.15, 0.2) is 0 Å². The smallest absolute Gasteiger partial charge is 0.142 e. The fraction of sp³-hybridized carbons (Fsp3) is 0.308. The molecule has 4 nitrogen and oxygen atoms in total. The number of nitrogens with zero attached hydrogens (tertiary/aromatic N) is 2. The zero-order valence-electron chi connectivity index (χ0n) is 11.4. The average Bonchev–Trinajstić information content (AvgIpc) is 2.66. The number of aromatic nitrogens is 2. The lowest BCUT2D eigenvalue weighted by Gasteiger charge is -2.18. The lowest BCUT2D eigenvalue weighted by atomic mass is 10.0. The number of rotatable bonds is 4. The van der Waals surface area contributed by atoms with Crippen molar-refractivity contribution in [2.45, 2.75) is 19.4 Å². The van der Waals surface area contributed by atoms with Gasteiger partial charge in [-0.3, -0.25) is 16.0 Å². The van der Waals surface area contributed by atoms with Crippen LogP contribution in [0.1, 0.15) is 23.0 Å². The van der Waals surface area contributed by atoms with E-state index in [0.29, 0.717) is 6.42 Å². The van der Waals surface area contributed by atoms with Gasteiger partial charge in [-0.15, -0.1) is 0 Å². The molecular weight excluding hydrogens is 366 g/mol. The van der Waals surface area contributed by atoms with Crippen LogP contribution in [0.25, 0.3) is 0 Å². The summed E-state index contributed by atoms with van der Waals surface area (Å²) in [5.74, 6) is 4.20. The minimum atomic E-state index is -0.687. The van der Waals surface area contributed by atoms with Gasteiger partial charge in [-0.1, -0.05) is 11.6 Å². The molecule has 21 heavy (non-hydrogen) atoms. The number of benzene rings is 1. The van der Waals surface area contributed by atoms with Gasteiger partial charge in [0, 0.05) is 19.0 Å². The standard InChI is InChI=1S/C13H14BrClF2N4/c1-6-13(14)12(21(2)20-6)5-11(19-18)7-3-10(17)8(15)4-9(7)16/h3-4,11,19H,5,18H2,1-2H3.